The molecule has 4 rings (SSSR count). The Hall–Kier alpha value is -3.32. The van der Waals surface area contributed by atoms with Crippen LogP contribution in [0.25, 0.3) is 17.0 Å². The number of hydrogen-bond donors (Lipinski definition) is 2. The fourth-order valence-electron chi connectivity index (χ4n) is 3.21. The molecule has 2 N–H and O–H groups in total. The summed E-state index contributed by atoms with van der Waals surface area (Å²) in [6, 6.07) is 17.2. The Morgan fingerprint density at radius 3 is 2.66 bits per heavy atom. The van der Waals surface area contributed by atoms with Crippen molar-refractivity contribution in [3.63, 3.8) is 0 Å². The highest BCUT2D eigenvalue weighted by atomic mass is 32.2. The van der Waals surface area contributed by atoms with Crippen LogP contribution in [0.1, 0.15) is 11.1 Å². The first-order valence-corrected chi connectivity index (χ1v) is 10.1. The van der Waals surface area contributed by atoms with Crippen molar-refractivity contribution >= 4 is 45.8 Å². The van der Waals surface area contributed by atoms with Gasteiger partial charge in [-0.1, -0.05) is 48.5 Å². The van der Waals surface area contributed by atoms with Crippen LogP contribution in [0.2, 0.25) is 0 Å². The summed E-state index contributed by atoms with van der Waals surface area (Å²) < 4.78 is 0. The fraction of sp³-hybridized carbons (Fsp3) is 0.136. The van der Waals surface area contributed by atoms with E-state index in [1.807, 2.05) is 60.8 Å². The smallest absolute Gasteiger partial charge is 0.293 e. The van der Waals surface area contributed by atoms with E-state index in [2.05, 4.69) is 10.3 Å². The fourth-order valence-corrected chi connectivity index (χ4v) is 4.08. The number of imide groups is 1. The molecule has 0 atom stereocenters. The quantitative estimate of drug-likeness (QED) is 0.615. The number of para-hydroxylation sites is 1. The van der Waals surface area contributed by atoms with Crippen molar-refractivity contribution in [2.45, 2.75) is 6.42 Å². The lowest BCUT2D eigenvalue weighted by molar-refractivity contribution is -0.124. The number of thioether (sulfide) groups is 1. The minimum Gasteiger partial charge on any atom is -0.361 e. The maximum atomic E-state index is 12.5. The lowest BCUT2D eigenvalue weighted by Gasteiger charge is -2.13. The number of nitrogens with one attached hydrogen (secondary N) is 2. The first-order valence-electron chi connectivity index (χ1n) is 9.24. The molecule has 1 aliphatic heterocycles. The predicted molar refractivity (Wildman–Crippen MR) is 114 cm³/mol. The molecule has 0 aliphatic carbocycles. The van der Waals surface area contributed by atoms with Gasteiger partial charge in [-0.2, -0.15) is 0 Å². The lowest BCUT2D eigenvalue weighted by Crippen LogP contribution is -2.37. The summed E-state index contributed by atoms with van der Waals surface area (Å²) >= 11 is 0.922. The molecular weight excluding hydrogens is 386 g/mol. The Bertz CT molecular complexity index is 1100. The number of carbonyl (C=O) groups is 3. The van der Waals surface area contributed by atoms with Crippen molar-refractivity contribution in [3.05, 3.63) is 76.8 Å². The minimum absolute atomic E-state index is 0.149. The van der Waals surface area contributed by atoms with Crippen LogP contribution in [0, 0.1) is 0 Å². The molecule has 146 valence electrons. The molecule has 29 heavy (non-hydrogen) atoms. The summed E-state index contributed by atoms with van der Waals surface area (Å²) in [6.45, 7) is 0.369. The van der Waals surface area contributed by atoms with E-state index in [9.17, 15) is 14.4 Å². The Balaban J connectivity index is 1.32. The number of aromatic amines is 1. The van der Waals surface area contributed by atoms with Gasteiger partial charge in [0.2, 0.25) is 5.91 Å². The second-order valence-corrected chi connectivity index (χ2v) is 7.62. The number of amides is 3. The summed E-state index contributed by atoms with van der Waals surface area (Å²) in [7, 11) is 0. The van der Waals surface area contributed by atoms with Gasteiger partial charge in [0.1, 0.15) is 0 Å². The van der Waals surface area contributed by atoms with Gasteiger partial charge in [0, 0.05) is 30.2 Å². The van der Waals surface area contributed by atoms with Crippen molar-refractivity contribution in [1.29, 1.82) is 0 Å². The predicted octanol–water partition coefficient (Wildman–Crippen LogP) is 3.56. The van der Waals surface area contributed by atoms with Gasteiger partial charge in [-0.05, 0) is 35.0 Å². The standard InChI is InChI=1S/C22H19N3O3S/c26-20(13-16-14-24-18-9-5-4-8-17(16)18)23-10-11-25-21(27)19(29-22(25)28)12-15-6-2-1-3-7-15/h1-9,12,14,24H,10-11,13H2,(H,23,26)/b19-12-. The molecule has 0 radical (unpaired) electrons. The molecule has 1 aromatic heterocycles. The summed E-state index contributed by atoms with van der Waals surface area (Å²) in [5.74, 6) is -0.476. The largest absolute Gasteiger partial charge is 0.361 e. The van der Waals surface area contributed by atoms with Gasteiger partial charge >= 0.3 is 0 Å². The van der Waals surface area contributed by atoms with Crippen LogP contribution >= 0.6 is 11.8 Å². The van der Waals surface area contributed by atoms with Crippen molar-refractivity contribution in [2.75, 3.05) is 13.1 Å². The van der Waals surface area contributed by atoms with Gasteiger partial charge in [0.25, 0.3) is 11.1 Å². The van der Waals surface area contributed by atoms with Crippen LogP contribution in [0.3, 0.4) is 0 Å². The van der Waals surface area contributed by atoms with E-state index < -0.39 is 0 Å². The molecular formula is C22H19N3O3S. The molecule has 0 spiro atoms. The maximum absolute atomic E-state index is 12.5. The molecule has 3 aromatic rings. The van der Waals surface area contributed by atoms with Gasteiger partial charge in [0.05, 0.1) is 11.3 Å². The van der Waals surface area contributed by atoms with E-state index in [1.165, 1.54) is 4.90 Å². The van der Waals surface area contributed by atoms with Crippen LogP contribution in [-0.2, 0) is 16.0 Å². The number of H-pyrrole nitrogens is 1. The van der Waals surface area contributed by atoms with Crippen LogP contribution in [0.5, 0.6) is 0 Å². The van der Waals surface area contributed by atoms with Crippen molar-refractivity contribution in [3.8, 4) is 0 Å². The molecule has 0 bridgehead atoms. The summed E-state index contributed by atoms with van der Waals surface area (Å²) in [5, 5.41) is 3.49. The first kappa shape index (κ1) is 19.0. The highest BCUT2D eigenvalue weighted by Crippen LogP contribution is 2.31. The number of rotatable bonds is 6. The number of carbonyl (C=O) groups excluding carboxylic acids is 3. The van der Waals surface area contributed by atoms with Gasteiger partial charge < -0.3 is 10.3 Å². The van der Waals surface area contributed by atoms with Crippen LogP contribution in [-0.4, -0.2) is 40.0 Å². The molecule has 2 heterocycles. The molecule has 0 saturated carbocycles. The third kappa shape index (κ3) is 4.25. The van der Waals surface area contributed by atoms with E-state index in [4.69, 9.17) is 0 Å². The van der Waals surface area contributed by atoms with E-state index >= 15 is 0 Å². The Morgan fingerprint density at radius 1 is 1.07 bits per heavy atom. The average Bonchev–Trinajstić information content (AvgIpc) is 3.25. The molecule has 3 amide bonds. The lowest BCUT2D eigenvalue weighted by atomic mass is 10.1. The Labute approximate surface area is 172 Å². The van der Waals surface area contributed by atoms with E-state index in [-0.39, 0.29) is 36.6 Å². The number of aromatic nitrogens is 1. The third-order valence-electron chi connectivity index (χ3n) is 4.65. The van der Waals surface area contributed by atoms with Gasteiger partial charge in [-0.3, -0.25) is 19.3 Å². The molecule has 6 nitrogen and oxygen atoms in total. The normalized spacial score (nSPS) is 15.4. The van der Waals surface area contributed by atoms with Crippen molar-refractivity contribution < 1.29 is 14.4 Å². The molecule has 0 unspecified atom stereocenters. The third-order valence-corrected chi connectivity index (χ3v) is 5.56. The monoisotopic (exact) mass is 405 g/mol. The second kappa shape index (κ2) is 8.36. The van der Waals surface area contributed by atoms with E-state index in [0.29, 0.717) is 4.91 Å². The summed E-state index contributed by atoms with van der Waals surface area (Å²) in [4.78, 5) is 41.6. The summed E-state index contributed by atoms with van der Waals surface area (Å²) in [5.41, 5.74) is 2.76. The average molecular weight is 405 g/mol. The van der Waals surface area contributed by atoms with Gasteiger partial charge in [0.15, 0.2) is 0 Å². The first-order chi connectivity index (χ1) is 14.1. The van der Waals surface area contributed by atoms with Crippen molar-refractivity contribution in [2.24, 2.45) is 0 Å². The topological polar surface area (TPSA) is 82.3 Å². The zero-order valence-electron chi connectivity index (χ0n) is 15.6. The highest BCUT2D eigenvalue weighted by Gasteiger charge is 2.34. The number of nitrogens with zero attached hydrogens (tertiary/aromatic N) is 1. The molecule has 1 aliphatic rings. The van der Waals surface area contributed by atoms with E-state index in [1.54, 1.807) is 6.08 Å². The number of fused-ring (bicyclic) bond motifs is 1. The zero-order valence-corrected chi connectivity index (χ0v) is 16.4. The molecule has 2 aromatic carbocycles. The summed E-state index contributed by atoms with van der Waals surface area (Å²) in [6.07, 6.45) is 3.77. The number of hydrogen-bond acceptors (Lipinski definition) is 4. The van der Waals surface area contributed by atoms with Gasteiger partial charge in [-0.25, -0.2) is 0 Å². The van der Waals surface area contributed by atoms with Crippen LogP contribution < -0.4 is 5.32 Å². The Morgan fingerprint density at radius 2 is 1.83 bits per heavy atom. The van der Waals surface area contributed by atoms with E-state index in [0.717, 1.165) is 33.8 Å². The van der Waals surface area contributed by atoms with Crippen LogP contribution in [0.15, 0.2) is 65.7 Å². The molecule has 1 saturated heterocycles. The Kier molecular flexibility index (Phi) is 5.48. The SMILES string of the molecule is O=C(Cc1c[nH]c2ccccc12)NCCN1C(=O)S/C(=C\c2ccccc2)C1=O. The minimum atomic E-state index is -0.324. The number of benzene rings is 2. The second-order valence-electron chi connectivity index (χ2n) is 6.63. The molecule has 7 heteroatoms. The van der Waals surface area contributed by atoms with Crippen molar-refractivity contribution in [1.82, 2.24) is 15.2 Å². The maximum Gasteiger partial charge on any atom is 0.293 e. The highest BCUT2D eigenvalue weighted by molar-refractivity contribution is 8.18. The van der Waals surface area contributed by atoms with Gasteiger partial charge in [-0.15, -0.1) is 0 Å². The zero-order chi connectivity index (χ0) is 20.2. The van der Waals surface area contributed by atoms with Crippen LogP contribution in [0.4, 0.5) is 4.79 Å². The molecule has 1 fully saturated rings.